The summed E-state index contributed by atoms with van der Waals surface area (Å²) in [4.78, 5) is 0. The van der Waals surface area contributed by atoms with E-state index in [1.807, 2.05) is 12.1 Å². The minimum absolute atomic E-state index is 1.29. The molecule has 0 aliphatic rings. The molecule has 0 spiro atoms. The second-order valence-electron chi connectivity index (χ2n) is 2.98. The predicted molar refractivity (Wildman–Crippen MR) is 66.9 cm³/mol. The molecule has 70 valence electrons. The first kappa shape index (κ1) is 9.89. The van der Waals surface area contributed by atoms with E-state index in [4.69, 9.17) is 10.9 Å². The average Bonchev–Trinajstić information content (AvgIpc) is 2.30. The molecule has 0 nitrogen and oxygen atoms in total. The van der Waals surface area contributed by atoms with Gasteiger partial charge in [-0.2, -0.15) is 0 Å². The van der Waals surface area contributed by atoms with E-state index in [-0.39, 0.29) is 0 Å². The van der Waals surface area contributed by atoms with Gasteiger partial charge in [0.15, 0.2) is 0 Å². The van der Waals surface area contributed by atoms with E-state index in [9.17, 15) is 0 Å². The molecule has 0 fully saturated rings. The molecule has 2 heteroatoms. The molecule has 0 amide bonds. The van der Waals surface area contributed by atoms with Crippen LogP contribution < -0.4 is 8.70 Å². The molecule has 0 N–H and O–H groups in total. The monoisotopic (exact) mass is 262 g/mol. The van der Waals surface area contributed by atoms with E-state index in [0.717, 1.165) is 0 Å². The third-order valence-corrected chi connectivity index (χ3v) is 7.71. The summed E-state index contributed by atoms with van der Waals surface area (Å²) in [6, 6.07) is 21.1. The molecule has 0 saturated heterocycles. The van der Waals surface area contributed by atoms with Gasteiger partial charge in [-0.1, -0.05) is 0 Å². The standard InChI is InChI=1S/C12H11AsS/c14-13(11-7-3-1-4-8-11)12-9-5-2-6-10-12/h1-10,14H. The van der Waals surface area contributed by atoms with E-state index >= 15 is 0 Å². The molecule has 0 heterocycles. The van der Waals surface area contributed by atoms with Crippen LogP contribution in [0.15, 0.2) is 60.7 Å². The first-order chi connectivity index (χ1) is 6.88. The van der Waals surface area contributed by atoms with Crippen LogP contribution in [0.3, 0.4) is 0 Å². The molecule has 0 atom stereocenters. The maximum absolute atomic E-state index is 4.75. The van der Waals surface area contributed by atoms with Crippen molar-refractivity contribution in [1.29, 1.82) is 0 Å². The van der Waals surface area contributed by atoms with Gasteiger partial charge in [0.1, 0.15) is 0 Å². The van der Waals surface area contributed by atoms with Crippen molar-refractivity contribution in [3.05, 3.63) is 60.7 Å². The molecule has 0 aliphatic heterocycles. The van der Waals surface area contributed by atoms with Crippen LogP contribution in [0.1, 0.15) is 0 Å². The zero-order valence-electron chi connectivity index (χ0n) is 7.67. The van der Waals surface area contributed by atoms with Crippen molar-refractivity contribution in [1.82, 2.24) is 0 Å². The summed E-state index contributed by atoms with van der Waals surface area (Å²) in [6.07, 6.45) is 0. The van der Waals surface area contributed by atoms with Gasteiger partial charge in [-0.25, -0.2) is 0 Å². The number of benzene rings is 2. The van der Waals surface area contributed by atoms with Crippen molar-refractivity contribution in [2.24, 2.45) is 0 Å². The quantitative estimate of drug-likeness (QED) is 0.618. The topological polar surface area (TPSA) is 0 Å². The zero-order chi connectivity index (χ0) is 9.80. The molecule has 2 aromatic carbocycles. The second kappa shape index (κ2) is 4.72. The third-order valence-electron chi connectivity index (χ3n) is 2.00. The SMILES string of the molecule is S[As](c1ccccc1)c1ccccc1. The molecule has 0 unspecified atom stereocenters. The van der Waals surface area contributed by atoms with Crippen LogP contribution in [-0.2, 0) is 0 Å². The number of hydrogen-bond acceptors (Lipinski definition) is 1. The van der Waals surface area contributed by atoms with Gasteiger partial charge in [0.25, 0.3) is 0 Å². The Morgan fingerprint density at radius 1 is 0.643 bits per heavy atom. The van der Waals surface area contributed by atoms with Crippen molar-refractivity contribution in [2.45, 2.75) is 0 Å². The Kier molecular flexibility index (Phi) is 3.34. The number of rotatable bonds is 2. The van der Waals surface area contributed by atoms with E-state index < -0.39 is 13.5 Å². The van der Waals surface area contributed by atoms with Crippen LogP contribution in [-0.4, -0.2) is 13.5 Å². The van der Waals surface area contributed by atoms with Gasteiger partial charge in [0.2, 0.25) is 0 Å². The normalized spacial score (nSPS) is 10.4. The molecular weight excluding hydrogens is 251 g/mol. The molecule has 0 radical (unpaired) electrons. The van der Waals surface area contributed by atoms with Gasteiger partial charge in [-0.05, 0) is 0 Å². The summed E-state index contributed by atoms with van der Waals surface area (Å²) in [6.45, 7) is 0. The number of hydrogen-bond donors (Lipinski definition) is 1. The van der Waals surface area contributed by atoms with Gasteiger partial charge < -0.3 is 0 Å². The molecular formula is C12H11AsS. The van der Waals surface area contributed by atoms with E-state index in [1.165, 1.54) is 8.70 Å². The Morgan fingerprint density at radius 2 is 1.00 bits per heavy atom. The fourth-order valence-corrected chi connectivity index (χ4v) is 5.21. The van der Waals surface area contributed by atoms with Crippen molar-refractivity contribution in [3.63, 3.8) is 0 Å². The Hall–Kier alpha value is -0.652. The van der Waals surface area contributed by atoms with Crippen molar-refractivity contribution in [2.75, 3.05) is 0 Å². The molecule has 0 aromatic heterocycles. The van der Waals surface area contributed by atoms with Crippen LogP contribution in [0, 0.1) is 0 Å². The summed E-state index contributed by atoms with van der Waals surface area (Å²) in [5.41, 5.74) is 0. The van der Waals surface area contributed by atoms with Crippen LogP contribution in [0.5, 0.6) is 0 Å². The van der Waals surface area contributed by atoms with E-state index in [0.29, 0.717) is 0 Å². The van der Waals surface area contributed by atoms with Gasteiger partial charge >= 0.3 is 93.8 Å². The van der Waals surface area contributed by atoms with Crippen LogP contribution in [0.2, 0.25) is 0 Å². The first-order valence-electron chi connectivity index (χ1n) is 4.47. The fourth-order valence-electron chi connectivity index (χ4n) is 1.29. The zero-order valence-corrected chi connectivity index (χ0v) is 10.4. The van der Waals surface area contributed by atoms with Crippen LogP contribution in [0.4, 0.5) is 0 Å². The molecule has 0 saturated carbocycles. The summed E-state index contributed by atoms with van der Waals surface area (Å²) >= 11 is -1.29. The van der Waals surface area contributed by atoms with Gasteiger partial charge in [-0.3, -0.25) is 0 Å². The summed E-state index contributed by atoms with van der Waals surface area (Å²) in [5.74, 6) is 0. The fraction of sp³-hybridized carbons (Fsp3) is 0. The number of thiol groups is 1. The molecule has 2 aromatic rings. The van der Waals surface area contributed by atoms with Crippen molar-refractivity contribution < 1.29 is 0 Å². The average molecular weight is 262 g/mol. The van der Waals surface area contributed by atoms with Crippen LogP contribution in [0.25, 0.3) is 0 Å². The summed E-state index contributed by atoms with van der Waals surface area (Å²) in [5, 5.41) is 0. The molecule has 14 heavy (non-hydrogen) atoms. The van der Waals surface area contributed by atoms with Crippen LogP contribution >= 0.6 is 10.9 Å². The van der Waals surface area contributed by atoms with E-state index in [1.54, 1.807) is 0 Å². The molecule has 2 rings (SSSR count). The Morgan fingerprint density at radius 3 is 1.36 bits per heavy atom. The van der Waals surface area contributed by atoms with Gasteiger partial charge in [0, 0.05) is 0 Å². The molecule has 0 aliphatic carbocycles. The summed E-state index contributed by atoms with van der Waals surface area (Å²) < 4.78 is 2.77. The second-order valence-corrected chi connectivity index (χ2v) is 8.54. The van der Waals surface area contributed by atoms with Gasteiger partial charge in [0.05, 0.1) is 0 Å². The minimum atomic E-state index is -1.29. The summed E-state index contributed by atoms with van der Waals surface area (Å²) in [7, 11) is 4.75. The Balaban J connectivity index is 2.30. The Labute approximate surface area is 93.6 Å². The predicted octanol–water partition coefficient (Wildman–Crippen LogP) is 1.72. The molecule has 0 bridgehead atoms. The first-order valence-corrected chi connectivity index (χ1v) is 9.26. The van der Waals surface area contributed by atoms with Crippen molar-refractivity contribution >= 4 is 33.1 Å². The Bertz CT molecular complexity index is 346. The van der Waals surface area contributed by atoms with Gasteiger partial charge in [-0.15, -0.1) is 0 Å². The maximum atomic E-state index is 4.75. The van der Waals surface area contributed by atoms with E-state index in [2.05, 4.69) is 48.5 Å². The third kappa shape index (κ3) is 2.23. The van der Waals surface area contributed by atoms with Crippen molar-refractivity contribution in [3.8, 4) is 0 Å².